The maximum absolute atomic E-state index is 6.12. The van der Waals surface area contributed by atoms with Crippen LogP contribution in [0.1, 0.15) is 24.0 Å². The molecule has 102 valence electrons. The third kappa shape index (κ3) is 2.63. The first-order valence-corrected chi connectivity index (χ1v) is 7.00. The fourth-order valence-corrected chi connectivity index (χ4v) is 2.65. The minimum absolute atomic E-state index is 0.520. The monoisotopic (exact) mass is 279 g/mol. The molecule has 2 aliphatic rings. The molecule has 0 bridgehead atoms. The molecule has 2 N–H and O–H groups in total. The molecule has 19 heavy (non-hydrogen) atoms. The van der Waals surface area contributed by atoms with Crippen LogP contribution in [0, 0.1) is 0 Å². The van der Waals surface area contributed by atoms with Gasteiger partial charge in [-0.15, -0.1) is 0 Å². The minimum atomic E-state index is 0.520. The third-order valence-electron chi connectivity index (χ3n) is 3.69. The van der Waals surface area contributed by atoms with E-state index in [1.807, 2.05) is 24.1 Å². The summed E-state index contributed by atoms with van der Waals surface area (Å²) in [5.74, 6) is 1.53. The van der Waals surface area contributed by atoms with E-state index in [1.54, 1.807) is 0 Å². The summed E-state index contributed by atoms with van der Waals surface area (Å²) in [5, 5.41) is 0.739. The molecule has 4 nitrogen and oxygen atoms in total. The van der Waals surface area contributed by atoms with Crippen LogP contribution in [0.4, 0.5) is 0 Å². The Labute approximate surface area is 118 Å². The average Bonchev–Trinajstić information content (AvgIpc) is 3.13. The molecule has 1 aromatic rings. The van der Waals surface area contributed by atoms with Crippen LogP contribution in [-0.2, 0) is 13.0 Å². The number of hydrogen-bond acceptors (Lipinski definition) is 2. The van der Waals surface area contributed by atoms with Gasteiger partial charge in [0.1, 0.15) is 5.75 Å². The minimum Gasteiger partial charge on any atom is -0.493 e. The van der Waals surface area contributed by atoms with E-state index in [2.05, 4.69) is 4.99 Å². The highest BCUT2D eigenvalue weighted by Crippen LogP contribution is 2.33. The predicted molar refractivity (Wildman–Crippen MR) is 76.8 cm³/mol. The number of benzene rings is 1. The van der Waals surface area contributed by atoms with Crippen molar-refractivity contribution in [2.75, 3.05) is 13.7 Å². The van der Waals surface area contributed by atoms with Crippen LogP contribution in [0.2, 0.25) is 5.02 Å². The van der Waals surface area contributed by atoms with Gasteiger partial charge >= 0.3 is 0 Å². The highest BCUT2D eigenvalue weighted by molar-refractivity contribution is 6.30. The van der Waals surface area contributed by atoms with Gasteiger partial charge in [-0.3, -0.25) is 0 Å². The third-order valence-corrected chi connectivity index (χ3v) is 3.91. The summed E-state index contributed by atoms with van der Waals surface area (Å²) in [6.45, 7) is 1.25. The van der Waals surface area contributed by atoms with E-state index in [0.29, 0.717) is 18.5 Å². The molecule has 0 atom stereocenters. The second-order valence-corrected chi connectivity index (χ2v) is 5.60. The molecule has 0 aromatic heterocycles. The van der Waals surface area contributed by atoms with E-state index in [9.17, 15) is 0 Å². The van der Waals surface area contributed by atoms with Crippen molar-refractivity contribution in [1.29, 1.82) is 0 Å². The SMILES string of the molecule is CN(C(N)=NCc1cc(Cl)cc2c1OCC2)C1CC1. The molecule has 3 rings (SSSR count). The summed E-state index contributed by atoms with van der Waals surface area (Å²) in [7, 11) is 2.00. The molecular weight excluding hydrogens is 262 g/mol. The van der Waals surface area contributed by atoms with Crippen molar-refractivity contribution in [2.45, 2.75) is 31.8 Å². The summed E-state index contributed by atoms with van der Waals surface area (Å²) in [6.07, 6.45) is 3.34. The van der Waals surface area contributed by atoms with Crippen molar-refractivity contribution in [3.05, 3.63) is 28.3 Å². The molecule has 1 aliphatic heterocycles. The lowest BCUT2D eigenvalue weighted by Crippen LogP contribution is -2.35. The zero-order valence-corrected chi connectivity index (χ0v) is 11.8. The average molecular weight is 280 g/mol. The van der Waals surface area contributed by atoms with Crippen molar-refractivity contribution in [1.82, 2.24) is 4.90 Å². The lowest BCUT2D eigenvalue weighted by atomic mass is 10.1. The summed E-state index contributed by atoms with van der Waals surface area (Å²) in [5.41, 5.74) is 8.18. The predicted octanol–water partition coefficient (Wildman–Crippen LogP) is 2.18. The number of aliphatic imine (C=N–C) groups is 1. The molecule has 1 aliphatic carbocycles. The van der Waals surface area contributed by atoms with Crippen LogP contribution in [0.5, 0.6) is 5.75 Å². The molecule has 0 spiro atoms. The van der Waals surface area contributed by atoms with Gasteiger partial charge < -0.3 is 15.4 Å². The fraction of sp³-hybridized carbons (Fsp3) is 0.500. The van der Waals surface area contributed by atoms with Gasteiger partial charge in [-0.2, -0.15) is 0 Å². The lowest BCUT2D eigenvalue weighted by Gasteiger charge is -2.17. The Morgan fingerprint density at radius 3 is 3.05 bits per heavy atom. The van der Waals surface area contributed by atoms with Crippen LogP contribution in [0.15, 0.2) is 17.1 Å². The number of fused-ring (bicyclic) bond motifs is 1. The Kier molecular flexibility index (Phi) is 3.27. The maximum Gasteiger partial charge on any atom is 0.191 e. The number of nitrogens with zero attached hydrogens (tertiary/aromatic N) is 2. The highest BCUT2D eigenvalue weighted by atomic mass is 35.5. The molecule has 0 unspecified atom stereocenters. The Hall–Kier alpha value is -1.42. The van der Waals surface area contributed by atoms with Gasteiger partial charge in [-0.05, 0) is 30.5 Å². The first kappa shape index (κ1) is 12.6. The first-order valence-electron chi connectivity index (χ1n) is 6.62. The first-order chi connectivity index (χ1) is 9.15. The zero-order chi connectivity index (χ0) is 13.4. The Morgan fingerprint density at radius 2 is 2.32 bits per heavy atom. The number of nitrogens with two attached hydrogens (primary N) is 1. The number of rotatable bonds is 3. The van der Waals surface area contributed by atoms with Gasteiger partial charge in [-0.1, -0.05) is 11.6 Å². The Bertz CT molecular complexity index is 526. The van der Waals surface area contributed by atoms with Gasteiger partial charge in [-0.25, -0.2) is 4.99 Å². The number of guanidine groups is 1. The van der Waals surface area contributed by atoms with Crippen molar-refractivity contribution in [2.24, 2.45) is 10.7 Å². The van der Waals surface area contributed by atoms with E-state index in [1.165, 1.54) is 18.4 Å². The zero-order valence-electron chi connectivity index (χ0n) is 11.0. The lowest BCUT2D eigenvalue weighted by molar-refractivity contribution is 0.353. The molecule has 1 saturated carbocycles. The summed E-state index contributed by atoms with van der Waals surface area (Å²) in [6, 6.07) is 4.46. The normalized spacial score (nSPS) is 18.1. The van der Waals surface area contributed by atoms with Gasteiger partial charge in [0.2, 0.25) is 0 Å². The molecule has 1 fully saturated rings. The molecule has 0 radical (unpaired) electrons. The fourth-order valence-electron chi connectivity index (χ4n) is 2.39. The molecule has 1 heterocycles. The molecule has 0 saturated heterocycles. The second-order valence-electron chi connectivity index (χ2n) is 5.17. The van der Waals surface area contributed by atoms with Gasteiger partial charge in [0.25, 0.3) is 0 Å². The van der Waals surface area contributed by atoms with Gasteiger partial charge in [0, 0.05) is 30.1 Å². The van der Waals surface area contributed by atoms with E-state index in [-0.39, 0.29) is 0 Å². The summed E-state index contributed by atoms with van der Waals surface area (Å²) >= 11 is 6.12. The van der Waals surface area contributed by atoms with Crippen molar-refractivity contribution >= 4 is 17.6 Å². The number of ether oxygens (including phenoxy) is 1. The Balaban J connectivity index is 1.78. The van der Waals surface area contributed by atoms with Crippen LogP contribution < -0.4 is 10.5 Å². The summed E-state index contributed by atoms with van der Waals surface area (Å²) < 4.78 is 5.65. The summed E-state index contributed by atoms with van der Waals surface area (Å²) in [4.78, 5) is 6.50. The standard InChI is InChI=1S/C14H18ClN3O/c1-18(12-2-3-12)14(16)17-8-10-7-11(15)6-9-4-5-19-13(9)10/h6-7,12H,2-5,8H2,1H3,(H2,16,17). The largest absolute Gasteiger partial charge is 0.493 e. The number of hydrogen-bond donors (Lipinski definition) is 1. The van der Waals surface area contributed by atoms with E-state index >= 15 is 0 Å². The molecular formula is C14H18ClN3O. The smallest absolute Gasteiger partial charge is 0.191 e. The Morgan fingerprint density at radius 1 is 1.53 bits per heavy atom. The highest BCUT2D eigenvalue weighted by Gasteiger charge is 2.27. The van der Waals surface area contributed by atoms with Crippen molar-refractivity contribution < 1.29 is 4.74 Å². The second kappa shape index (κ2) is 4.93. The van der Waals surface area contributed by atoms with E-state index in [4.69, 9.17) is 22.1 Å². The van der Waals surface area contributed by atoms with Crippen LogP contribution in [0.25, 0.3) is 0 Å². The molecule has 1 aromatic carbocycles. The quantitative estimate of drug-likeness (QED) is 0.682. The van der Waals surface area contributed by atoms with E-state index in [0.717, 1.165) is 29.4 Å². The number of halogens is 1. The maximum atomic E-state index is 6.12. The molecule has 5 heteroatoms. The topological polar surface area (TPSA) is 50.8 Å². The van der Waals surface area contributed by atoms with Crippen molar-refractivity contribution in [3.63, 3.8) is 0 Å². The van der Waals surface area contributed by atoms with Crippen molar-refractivity contribution in [3.8, 4) is 5.75 Å². The van der Waals surface area contributed by atoms with Gasteiger partial charge in [0.05, 0.1) is 13.2 Å². The van der Waals surface area contributed by atoms with Crippen LogP contribution >= 0.6 is 11.6 Å². The van der Waals surface area contributed by atoms with Gasteiger partial charge in [0.15, 0.2) is 5.96 Å². The molecule has 0 amide bonds. The van der Waals surface area contributed by atoms with Crippen LogP contribution in [0.3, 0.4) is 0 Å². The van der Waals surface area contributed by atoms with Crippen LogP contribution in [-0.4, -0.2) is 30.6 Å². The van der Waals surface area contributed by atoms with E-state index < -0.39 is 0 Å².